The molecule has 1 aliphatic rings. The van der Waals surface area contributed by atoms with E-state index in [2.05, 4.69) is 20.3 Å². The number of imidazole rings is 1. The van der Waals surface area contributed by atoms with Gasteiger partial charge < -0.3 is 5.32 Å². The SMILES string of the molecule is Cn1c(=O)n([C@H]2C[C@H](Nc3nc4ncccc4s3)C2)c2ncccc21. The topological polar surface area (TPSA) is 77.6 Å². The van der Waals surface area contributed by atoms with E-state index >= 15 is 0 Å². The van der Waals surface area contributed by atoms with Gasteiger partial charge >= 0.3 is 5.69 Å². The normalized spacial score (nSPS) is 20.0. The quantitative estimate of drug-likeness (QED) is 0.613. The average molecular weight is 352 g/mol. The summed E-state index contributed by atoms with van der Waals surface area (Å²) >= 11 is 1.61. The van der Waals surface area contributed by atoms with Crippen LogP contribution in [0.4, 0.5) is 5.13 Å². The van der Waals surface area contributed by atoms with E-state index in [1.165, 1.54) is 0 Å². The summed E-state index contributed by atoms with van der Waals surface area (Å²) in [5.41, 5.74) is 2.42. The molecule has 0 aliphatic heterocycles. The molecule has 1 saturated carbocycles. The number of fused-ring (bicyclic) bond motifs is 2. The predicted molar refractivity (Wildman–Crippen MR) is 98.1 cm³/mol. The van der Waals surface area contributed by atoms with Crippen molar-refractivity contribution in [1.82, 2.24) is 24.1 Å². The highest BCUT2D eigenvalue weighted by molar-refractivity contribution is 7.22. The zero-order valence-electron chi connectivity index (χ0n) is 13.6. The molecule has 0 aromatic carbocycles. The highest BCUT2D eigenvalue weighted by atomic mass is 32.1. The first-order valence-electron chi connectivity index (χ1n) is 8.21. The van der Waals surface area contributed by atoms with E-state index in [1.807, 2.05) is 28.8 Å². The fraction of sp³-hybridized carbons (Fsp3) is 0.294. The van der Waals surface area contributed by atoms with Crippen molar-refractivity contribution in [3.8, 4) is 0 Å². The fourth-order valence-electron chi connectivity index (χ4n) is 3.44. The second-order valence-corrected chi connectivity index (χ2v) is 7.40. The Labute approximate surface area is 147 Å². The molecular formula is C17H16N6OS. The summed E-state index contributed by atoms with van der Waals surface area (Å²) in [5, 5.41) is 4.36. The minimum Gasteiger partial charge on any atom is -0.359 e. The lowest BCUT2D eigenvalue weighted by Gasteiger charge is -2.36. The molecular weight excluding hydrogens is 336 g/mol. The van der Waals surface area contributed by atoms with Crippen LogP contribution in [0.1, 0.15) is 18.9 Å². The van der Waals surface area contributed by atoms with Crippen LogP contribution in [0, 0.1) is 0 Å². The van der Waals surface area contributed by atoms with Crippen LogP contribution in [0.15, 0.2) is 41.5 Å². The second-order valence-electron chi connectivity index (χ2n) is 6.37. The maximum atomic E-state index is 12.6. The van der Waals surface area contributed by atoms with Crippen LogP contribution in [-0.4, -0.2) is 30.1 Å². The van der Waals surface area contributed by atoms with E-state index < -0.39 is 0 Å². The maximum absolute atomic E-state index is 12.6. The van der Waals surface area contributed by atoms with Gasteiger partial charge in [0.15, 0.2) is 16.4 Å². The van der Waals surface area contributed by atoms with Crippen LogP contribution in [0.5, 0.6) is 0 Å². The molecule has 1 aliphatic carbocycles. The lowest BCUT2D eigenvalue weighted by atomic mass is 9.86. The smallest absolute Gasteiger partial charge is 0.330 e. The van der Waals surface area contributed by atoms with Crippen LogP contribution in [0.2, 0.25) is 0 Å². The van der Waals surface area contributed by atoms with E-state index in [0.29, 0.717) is 6.04 Å². The first kappa shape index (κ1) is 14.6. The molecule has 0 amide bonds. The van der Waals surface area contributed by atoms with Gasteiger partial charge in [0, 0.05) is 31.5 Å². The molecule has 4 aromatic rings. The first-order chi connectivity index (χ1) is 12.2. The number of anilines is 1. The van der Waals surface area contributed by atoms with Gasteiger partial charge in [-0.15, -0.1) is 0 Å². The van der Waals surface area contributed by atoms with Gasteiger partial charge in [-0.1, -0.05) is 11.3 Å². The Bertz CT molecular complexity index is 1100. The van der Waals surface area contributed by atoms with Gasteiger partial charge in [0.1, 0.15) is 0 Å². The molecule has 126 valence electrons. The molecule has 0 spiro atoms. The summed E-state index contributed by atoms with van der Waals surface area (Å²) in [6.45, 7) is 0. The summed E-state index contributed by atoms with van der Waals surface area (Å²) < 4.78 is 4.57. The van der Waals surface area contributed by atoms with Crippen LogP contribution >= 0.6 is 11.3 Å². The summed E-state index contributed by atoms with van der Waals surface area (Å²) in [5.74, 6) is 0. The Kier molecular flexibility index (Phi) is 3.14. The highest BCUT2D eigenvalue weighted by Gasteiger charge is 2.34. The third kappa shape index (κ3) is 2.25. The number of thiazole rings is 1. The molecule has 0 bridgehead atoms. The number of aromatic nitrogens is 5. The summed E-state index contributed by atoms with van der Waals surface area (Å²) in [6.07, 6.45) is 5.27. The summed E-state index contributed by atoms with van der Waals surface area (Å²) in [6, 6.07) is 8.23. The largest absolute Gasteiger partial charge is 0.359 e. The standard InChI is InChI=1S/C17H16N6OS/c1-22-12-4-2-7-19-15(12)23(17(22)24)11-8-10(9-11)20-16-21-14-13(25-16)5-3-6-18-14/h2-7,10-11H,8-9H2,1H3,(H,18,20,21)/t10-,11-. The number of hydrogen-bond donors (Lipinski definition) is 1. The monoisotopic (exact) mass is 352 g/mol. The molecule has 5 rings (SSSR count). The maximum Gasteiger partial charge on any atom is 0.330 e. The minimum atomic E-state index is 0.00124. The van der Waals surface area contributed by atoms with Crippen molar-refractivity contribution < 1.29 is 0 Å². The number of pyridine rings is 2. The Hall–Kier alpha value is -2.74. The van der Waals surface area contributed by atoms with Crippen molar-refractivity contribution in [2.24, 2.45) is 7.05 Å². The molecule has 0 saturated heterocycles. The number of hydrogen-bond acceptors (Lipinski definition) is 6. The van der Waals surface area contributed by atoms with Gasteiger partial charge in [0.25, 0.3) is 0 Å². The number of nitrogens with zero attached hydrogens (tertiary/aromatic N) is 5. The third-order valence-corrected chi connectivity index (χ3v) is 5.76. The van der Waals surface area contributed by atoms with Crippen molar-refractivity contribution in [1.29, 1.82) is 0 Å². The van der Waals surface area contributed by atoms with Gasteiger partial charge in [-0.25, -0.2) is 19.7 Å². The molecule has 25 heavy (non-hydrogen) atoms. The zero-order valence-corrected chi connectivity index (χ0v) is 14.4. The van der Waals surface area contributed by atoms with Crippen LogP contribution in [-0.2, 0) is 7.05 Å². The van der Waals surface area contributed by atoms with Gasteiger partial charge in [-0.2, -0.15) is 0 Å². The van der Waals surface area contributed by atoms with Gasteiger partial charge in [0.05, 0.1) is 10.2 Å². The van der Waals surface area contributed by atoms with Gasteiger partial charge in [-0.3, -0.25) is 9.13 Å². The molecule has 0 radical (unpaired) electrons. The van der Waals surface area contributed by atoms with E-state index in [-0.39, 0.29) is 11.7 Å². The Balaban J connectivity index is 1.37. The van der Waals surface area contributed by atoms with Crippen LogP contribution in [0.3, 0.4) is 0 Å². The van der Waals surface area contributed by atoms with Crippen LogP contribution < -0.4 is 11.0 Å². The first-order valence-corrected chi connectivity index (χ1v) is 9.02. The molecule has 7 nitrogen and oxygen atoms in total. The fourth-order valence-corrected chi connectivity index (χ4v) is 4.34. The van der Waals surface area contributed by atoms with Gasteiger partial charge in [0.2, 0.25) is 0 Å². The van der Waals surface area contributed by atoms with Crippen LogP contribution in [0.25, 0.3) is 21.5 Å². The lowest BCUT2D eigenvalue weighted by Crippen LogP contribution is -2.40. The lowest BCUT2D eigenvalue weighted by molar-refractivity contribution is 0.280. The Morgan fingerprint density at radius 3 is 2.84 bits per heavy atom. The Morgan fingerprint density at radius 1 is 1.20 bits per heavy atom. The summed E-state index contributed by atoms with van der Waals surface area (Å²) in [7, 11) is 1.80. The molecule has 0 atom stereocenters. The molecule has 1 N–H and O–H groups in total. The average Bonchev–Trinajstić information content (AvgIpc) is 3.11. The van der Waals surface area contributed by atoms with Crippen molar-refractivity contribution >= 4 is 38.0 Å². The second kappa shape index (κ2) is 5.38. The summed E-state index contributed by atoms with van der Waals surface area (Å²) in [4.78, 5) is 25.7. The molecule has 4 aromatic heterocycles. The van der Waals surface area contributed by atoms with E-state index in [9.17, 15) is 4.79 Å². The number of aryl methyl sites for hydroxylation is 1. The van der Waals surface area contributed by atoms with E-state index in [0.717, 1.165) is 39.5 Å². The highest BCUT2D eigenvalue weighted by Crippen LogP contribution is 2.36. The van der Waals surface area contributed by atoms with Crippen molar-refractivity contribution in [3.05, 3.63) is 47.1 Å². The molecule has 1 fully saturated rings. The third-order valence-electron chi connectivity index (χ3n) is 4.82. The molecule has 4 heterocycles. The molecule has 8 heteroatoms. The van der Waals surface area contributed by atoms with Gasteiger partial charge in [-0.05, 0) is 37.1 Å². The van der Waals surface area contributed by atoms with Crippen molar-refractivity contribution in [2.45, 2.75) is 24.9 Å². The van der Waals surface area contributed by atoms with E-state index in [4.69, 9.17) is 0 Å². The van der Waals surface area contributed by atoms with Crippen molar-refractivity contribution in [3.63, 3.8) is 0 Å². The Morgan fingerprint density at radius 2 is 2.00 bits per heavy atom. The zero-order chi connectivity index (χ0) is 17.0. The van der Waals surface area contributed by atoms with Crippen molar-refractivity contribution in [2.75, 3.05) is 5.32 Å². The minimum absolute atomic E-state index is 0.00124. The molecule has 0 unspecified atom stereocenters. The van der Waals surface area contributed by atoms with E-state index in [1.54, 1.807) is 35.3 Å². The number of nitrogens with one attached hydrogen (secondary N) is 1. The number of rotatable bonds is 3. The predicted octanol–water partition coefficient (Wildman–Crippen LogP) is 2.56.